The summed E-state index contributed by atoms with van der Waals surface area (Å²) in [6.45, 7) is 5.86. The second-order valence-electron chi connectivity index (χ2n) is 8.97. The van der Waals surface area contributed by atoms with Gasteiger partial charge in [-0.15, -0.1) is 10.2 Å². The highest BCUT2D eigenvalue weighted by atomic mass is 32.2. The van der Waals surface area contributed by atoms with E-state index in [1.54, 1.807) is 54.6 Å². The van der Waals surface area contributed by atoms with Gasteiger partial charge in [0.05, 0.1) is 11.6 Å². The van der Waals surface area contributed by atoms with Crippen molar-refractivity contribution in [2.24, 2.45) is 0 Å². The number of carbonyl (C=O) groups excluding carboxylic acids is 2. The summed E-state index contributed by atoms with van der Waals surface area (Å²) in [5.41, 5.74) is 2.81. The van der Waals surface area contributed by atoms with Crippen LogP contribution in [0.3, 0.4) is 0 Å². The van der Waals surface area contributed by atoms with E-state index in [0.29, 0.717) is 27.0 Å². The summed E-state index contributed by atoms with van der Waals surface area (Å²) in [6.07, 6.45) is 1.61. The number of aryl methyl sites for hydroxylation is 1. The molecule has 1 unspecified atom stereocenters. The first-order valence-electron chi connectivity index (χ1n) is 12.3. The molecule has 0 radical (unpaired) electrons. The summed E-state index contributed by atoms with van der Waals surface area (Å²) < 4.78 is 19.5. The van der Waals surface area contributed by atoms with Gasteiger partial charge < -0.3 is 9.84 Å². The lowest BCUT2D eigenvalue weighted by atomic mass is 9.95. The van der Waals surface area contributed by atoms with Crippen molar-refractivity contribution >= 4 is 45.7 Å². The predicted molar refractivity (Wildman–Crippen MR) is 154 cm³/mol. The van der Waals surface area contributed by atoms with Gasteiger partial charge in [-0.25, -0.2) is 4.39 Å². The highest BCUT2D eigenvalue weighted by molar-refractivity contribution is 8.00. The molecule has 2 heterocycles. The third-order valence-corrected chi connectivity index (χ3v) is 8.32. The molecule has 10 heteroatoms. The Bertz CT molecular complexity index is 1600. The van der Waals surface area contributed by atoms with Gasteiger partial charge in [-0.2, -0.15) is 0 Å². The molecule has 1 aliphatic rings. The standard InChI is InChI=1S/C30H24FN3O4S2/c1-3-15-38-23-6-4-5-21(16-23)25-24(26(35)20-11-7-18(2)8-12-20)27(36)28(37)34(25)29-32-33-30(40-29)39-17-19-9-13-22(31)14-10-19/h3-14,16,25,35H,1,15,17H2,2H3/b26-24+. The highest BCUT2D eigenvalue weighted by Crippen LogP contribution is 2.44. The van der Waals surface area contributed by atoms with E-state index in [4.69, 9.17) is 4.74 Å². The molecule has 0 bridgehead atoms. The average molecular weight is 574 g/mol. The molecule has 0 spiro atoms. The summed E-state index contributed by atoms with van der Waals surface area (Å²) in [4.78, 5) is 28.1. The quantitative estimate of drug-likeness (QED) is 0.0613. The maximum atomic E-state index is 13.5. The molecule has 1 atom stereocenters. The normalized spacial score (nSPS) is 16.4. The number of halogens is 1. The van der Waals surface area contributed by atoms with E-state index in [2.05, 4.69) is 16.8 Å². The van der Waals surface area contributed by atoms with Crippen LogP contribution in [0.25, 0.3) is 5.76 Å². The monoisotopic (exact) mass is 573 g/mol. The number of aliphatic hydroxyl groups is 1. The maximum absolute atomic E-state index is 13.5. The molecule has 5 rings (SSSR count). The van der Waals surface area contributed by atoms with E-state index >= 15 is 0 Å². The number of ketones is 1. The number of hydrogen-bond donors (Lipinski definition) is 1. The molecule has 0 aliphatic carbocycles. The Labute approximate surface area is 238 Å². The number of aromatic nitrogens is 2. The molecular formula is C30H24FN3O4S2. The fourth-order valence-corrected chi connectivity index (χ4v) is 6.05. The van der Waals surface area contributed by atoms with Crippen LogP contribution in [0.4, 0.5) is 9.52 Å². The lowest BCUT2D eigenvalue weighted by molar-refractivity contribution is -0.132. The largest absolute Gasteiger partial charge is 0.507 e. The van der Waals surface area contributed by atoms with Crippen LogP contribution in [0.5, 0.6) is 5.75 Å². The van der Waals surface area contributed by atoms with Crippen molar-refractivity contribution in [1.29, 1.82) is 0 Å². The first-order valence-corrected chi connectivity index (χ1v) is 14.1. The molecule has 1 aromatic heterocycles. The maximum Gasteiger partial charge on any atom is 0.301 e. The first-order chi connectivity index (χ1) is 19.4. The smallest absolute Gasteiger partial charge is 0.301 e. The molecule has 1 N–H and O–H groups in total. The van der Waals surface area contributed by atoms with Gasteiger partial charge in [0.15, 0.2) is 4.34 Å². The van der Waals surface area contributed by atoms with Gasteiger partial charge in [-0.3, -0.25) is 14.5 Å². The second-order valence-corrected chi connectivity index (χ2v) is 11.2. The van der Waals surface area contributed by atoms with Crippen molar-refractivity contribution in [1.82, 2.24) is 10.2 Å². The van der Waals surface area contributed by atoms with Gasteiger partial charge in [-0.1, -0.05) is 89.8 Å². The molecule has 4 aromatic rings. The number of benzene rings is 3. The predicted octanol–water partition coefficient (Wildman–Crippen LogP) is 6.47. The van der Waals surface area contributed by atoms with Crippen LogP contribution in [0.2, 0.25) is 0 Å². The fourth-order valence-electron chi connectivity index (χ4n) is 4.23. The Hall–Kier alpha value is -4.28. The number of nitrogens with zero attached hydrogens (tertiary/aromatic N) is 3. The topological polar surface area (TPSA) is 92.6 Å². The first kappa shape index (κ1) is 27.3. The van der Waals surface area contributed by atoms with Gasteiger partial charge in [0.1, 0.15) is 23.9 Å². The van der Waals surface area contributed by atoms with Crippen molar-refractivity contribution in [2.45, 2.75) is 23.1 Å². The van der Waals surface area contributed by atoms with Crippen LogP contribution in [0.1, 0.15) is 28.3 Å². The van der Waals surface area contributed by atoms with Gasteiger partial charge in [0, 0.05) is 11.3 Å². The second kappa shape index (κ2) is 11.8. The van der Waals surface area contributed by atoms with E-state index in [0.717, 1.165) is 22.5 Å². The molecule has 1 saturated heterocycles. The number of carbonyl (C=O) groups is 2. The number of aliphatic hydroxyl groups excluding tert-OH is 1. The molecular weight excluding hydrogens is 549 g/mol. The Morgan fingerprint density at radius 2 is 1.88 bits per heavy atom. The summed E-state index contributed by atoms with van der Waals surface area (Å²) in [7, 11) is 0. The van der Waals surface area contributed by atoms with Crippen LogP contribution in [0.15, 0.2) is 95.4 Å². The zero-order valence-electron chi connectivity index (χ0n) is 21.4. The van der Waals surface area contributed by atoms with E-state index in [1.807, 2.05) is 19.1 Å². The Balaban J connectivity index is 1.54. The summed E-state index contributed by atoms with van der Waals surface area (Å²) in [5, 5.41) is 20.0. The Kier molecular flexibility index (Phi) is 8.09. The van der Waals surface area contributed by atoms with Gasteiger partial charge in [-0.05, 0) is 42.3 Å². The van der Waals surface area contributed by atoms with Gasteiger partial charge >= 0.3 is 5.91 Å². The van der Waals surface area contributed by atoms with Crippen LogP contribution in [0, 0.1) is 12.7 Å². The number of anilines is 1. The van der Waals surface area contributed by atoms with Gasteiger partial charge in [0.25, 0.3) is 5.78 Å². The molecule has 0 saturated carbocycles. The van der Waals surface area contributed by atoms with E-state index in [1.165, 1.54) is 28.8 Å². The zero-order chi connectivity index (χ0) is 28.2. The Morgan fingerprint density at radius 1 is 1.12 bits per heavy atom. The van der Waals surface area contributed by atoms with E-state index in [-0.39, 0.29) is 28.9 Å². The molecule has 1 aliphatic heterocycles. The Morgan fingerprint density at radius 3 is 2.60 bits per heavy atom. The zero-order valence-corrected chi connectivity index (χ0v) is 23.0. The van der Waals surface area contributed by atoms with E-state index < -0.39 is 17.7 Å². The lowest BCUT2D eigenvalue weighted by Crippen LogP contribution is -2.29. The van der Waals surface area contributed by atoms with Crippen molar-refractivity contribution in [2.75, 3.05) is 11.5 Å². The number of amides is 1. The molecule has 202 valence electrons. The molecule has 40 heavy (non-hydrogen) atoms. The van der Waals surface area contributed by atoms with Crippen molar-refractivity contribution < 1.29 is 23.8 Å². The van der Waals surface area contributed by atoms with Crippen LogP contribution < -0.4 is 9.64 Å². The van der Waals surface area contributed by atoms with Crippen LogP contribution in [-0.2, 0) is 15.3 Å². The number of hydrogen-bond acceptors (Lipinski definition) is 8. The minimum absolute atomic E-state index is 0.0505. The van der Waals surface area contributed by atoms with Crippen molar-refractivity contribution in [3.8, 4) is 5.75 Å². The molecule has 1 fully saturated rings. The minimum atomic E-state index is -0.962. The lowest BCUT2D eigenvalue weighted by Gasteiger charge is -2.23. The average Bonchev–Trinajstić information content (AvgIpc) is 3.53. The third-order valence-electron chi connectivity index (χ3n) is 6.19. The number of Topliss-reactive ketones (excluding diaryl/α,β-unsaturated/α-hetero) is 1. The number of ether oxygens (including phenoxy) is 1. The SMILES string of the molecule is C=CCOc1cccc(C2/C(=C(\O)c3ccc(C)cc3)C(=O)C(=O)N2c2nnc(SCc3ccc(F)cc3)s2)c1. The summed E-state index contributed by atoms with van der Waals surface area (Å²) in [6, 6.07) is 19.2. The minimum Gasteiger partial charge on any atom is -0.507 e. The van der Waals surface area contributed by atoms with Crippen LogP contribution in [-0.4, -0.2) is 33.6 Å². The highest BCUT2D eigenvalue weighted by Gasteiger charge is 2.48. The van der Waals surface area contributed by atoms with Gasteiger partial charge in [0.2, 0.25) is 5.13 Å². The third kappa shape index (κ3) is 5.68. The number of rotatable bonds is 9. The number of thioether (sulfide) groups is 1. The van der Waals surface area contributed by atoms with Crippen LogP contribution >= 0.6 is 23.1 Å². The van der Waals surface area contributed by atoms with Crippen molar-refractivity contribution in [3.63, 3.8) is 0 Å². The molecule has 7 nitrogen and oxygen atoms in total. The van der Waals surface area contributed by atoms with E-state index in [9.17, 15) is 19.1 Å². The fraction of sp³-hybridized carbons (Fsp3) is 0.133. The summed E-state index contributed by atoms with van der Waals surface area (Å²) in [5.74, 6) is -1.19. The van der Waals surface area contributed by atoms with Crippen molar-refractivity contribution in [3.05, 3.63) is 119 Å². The molecule has 1 amide bonds. The molecule has 3 aromatic carbocycles. The summed E-state index contributed by atoms with van der Waals surface area (Å²) >= 11 is 2.54.